The van der Waals surface area contributed by atoms with Crippen LogP contribution < -0.4 is 5.32 Å². The van der Waals surface area contributed by atoms with E-state index >= 15 is 0 Å². The molecule has 2 heterocycles. The van der Waals surface area contributed by atoms with E-state index < -0.39 is 0 Å². The lowest BCUT2D eigenvalue weighted by Crippen LogP contribution is -2.55. The summed E-state index contributed by atoms with van der Waals surface area (Å²) in [5, 5.41) is 9.88. The maximum Gasteiger partial charge on any atom is 0.138 e. The molecule has 0 spiro atoms. The van der Waals surface area contributed by atoms with Crippen LogP contribution in [0, 0.1) is 0 Å². The Kier molecular flexibility index (Phi) is 2.05. The third-order valence-corrected chi connectivity index (χ3v) is 2.25. The molecule has 0 aliphatic carbocycles. The van der Waals surface area contributed by atoms with E-state index in [1.807, 2.05) is 0 Å². The smallest absolute Gasteiger partial charge is 0.138 e. The van der Waals surface area contributed by atoms with Crippen molar-refractivity contribution >= 4 is 0 Å². The summed E-state index contributed by atoms with van der Waals surface area (Å²) >= 11 is 0. The van der Waals surface area contributed by atoms with Gasteiger partial charge in [0.15, 0.2) is 0 Å². The molecule has 0 amide bonds. The van der Waals surface area contributed by atoms with Gasteiger partial charge < -0.3 is 5.32 Å². The van der Waals surface area contributed by atoms with Crippen LogP contribution >= 0.6 is 0 Å². The van der Waals surface area contributed by atoms with Crippen LogP contribution in [0.25, 0.3) is 0 Å². The fourth-order valence-corrected chi connectivity index (χ4v) is 1.26. The number of hydrogen-bond donors (Lipinski definition) is 2. The topological polar surface area (TPSA) is 56.8 Å². The molecule has 0 bridgehead atoms. The molecule has 0 saturated carbocycles. The van der Waals surface area contributed by atoms with Gasteiger partial charge in [-0.1, -0.05) is 0 Å². The molecule has 0 aromatic carbocycles. The predicted molar refractivity (Wildman–Crippen MR) is 44.5 cm³/mol. The average Bonchev–Trinajstić information content (AvgIpc) is 2.34. The molecule has 2 rings (SSSR count). The Morgan fingerprint density at radius 2 is 2.50 bits per heavy atom. The summed E-state index contributed by atoms with van der Waals surface area (Å²) in [5.41, 5.74) is 0. The van der Waals surface area contributed by atoms with Crippen LogP contribution in [0.15, 0.2) is 6.33 Å². The first-order chi connectivity index (χ1) is 5.86. The maximum absolute atomic E-state index is 4.07. The fourth-order valence-electron chi connectivity index (χ4n) is 1.26. The maximum atomic E-state index is 4.07. The highest BCUT2D eigenvalue weighted by molar-refractivity contribution is 4.87. The van der Waals surface area contributed by atoms with Gasteiger partial charge in [-0.15, -0.1) is 0 Å². The van der Waals surface area contributed by atoms with Gasteiger partial charge in [-0.05, 0) is 7.05 Å². The largest absolute Gasteiger partial charge is 0.314 e. The Bertz CT molecular complexity index is 228. The summed E-state index contributed by atoms with van der Waals surface area (Å²) < 4.78 is 0. The van der Waals surface area contributed by atoms with Crippen molar-refractivity contribution in [3.63, 3.8) is 0 Å². The second-order valence-electron chi connectivity index (χ2n) is 3.16. The van der Waals surface area contributed by atoms with E-state index in [1.165, 1.54) is 0 Å². The van der Waals surface area contributed by atoms with Crippen molar-refractivity contribution in [2.75, 3.05) is 20.1 Å². The molecular weight excluding hydrogens is 154 g/mol. The molecule has 1 aliphatic heterocycles. The highest BCUT2D eigenvalue weighted by Gasteiger charge is 2.21. The second kappa shape index (κ2) is 3.20. The van der Waals surface area contributed by atoms with Crippen LogP contribution in [0.2, 0.25) is 0 Å². The van der Waals surface area contributed by atoms with Crippen molar-refractivity contribution in [2.24, 2.45) is 0 Å². The minimum absolute atomic E-state index is 0.662. The molecule has 1 fully saturated rings. The Balaban J connectivity index is 1.86. The Morgan fingerprint density at radius 1 is 1.67 bits per heavy atom. The lowest BCUT2D eigenvalue weighted by Gasteiger charge is -2.34. The van der Waals surface area contributed by atoms with E-state index in [0.29, 0.717) is 6.04 Å². The number of aromatic amines is 1. The molecule has 0 unspecified atom stereocenters. The van der Waals surface area contributed by atoms with Crippen LogP contribution in [-0.4, -0.2) is 46.3 Å². The zero-order valence-corrected chi connectivity index (χ0v) is 7.12. The summed E-state index contributed by atoms with van der Waals surface area (Å²) in [7, 11) is 2.11. The van der Waals surface area contributed by atoms with Crippen molar-refractivity contribution in [1.29, 1.82) is 0 Å². The number of nitrogens with one attached hydrogen (secondary N) is 2. The van der Waals surface area contributed by atoms with Gasteiger partial charge in [0.2, 0.25) is 0 Å². The molecule has 1 saturated heterocycles. The molecule has 5 nitrogen and oxygen atoms in total. The van der Waals surface area contributed by atoms with Crippen molar-refractivity contribution < 1.29 is 0 Å². The lowest BCUT2D eigenvalue weighted by atomic mass is 10.1. The molecule has 1 aromatic rings. The molecule has 1 aliphatic rings. The molecule has 2 N–H and O–H groups in total. The predicted octanol–water partition coefficient (Wildman–Crippen LogP) is -0.792. The zero-order chi connectivity index (χ0) is 8.39. The molecule has 0 radical (unpaired) electrons. The van der Waals surface area contributed by atoms with E-state index in [9.17, 15) is 0 Å². The summed E-state index contributed by atoms with van der Waals surface area (Å²) in [6.07, 6.45) is 1.54. The molecule has 66 valence electrons. The number of rotatable bonds is 3. The quantitative estimate of drug-likeness (QED) is 0.619. The monoisotopic (exact) mass is 167 g/mol. The van der Waals surface area contributed by atoms with Crippen molar-refractivity contribution in [3.05, 3.63) is 12.2 Å². The number of aromatic nitrogens is 3. The highest BCUT2D eigenvalue weighted by atomic mass is 15.3. The first-order valence-corrected chi connectivity index (χ1v) is 4.11. The molecule has 0 atom stereocenters. The Hall–Kier alpha value is -0.940. The minimum atomic E-state index is 0.662. The molecule has 5 heteroatoms. The van der Waals surface area contributed by atoms with E-state index in [-0.39, 0.29) is 0 Å². The van der Waals surface area contributed by atoms with E-state index in [4.69, 9.17) is 0 Å². The fraction of sp³-hybridized carbons (Fsp3) is 0.714. The third-order valence-electron chi connectivity index (χ3n) is 2.25. The second-order valence-corrected chi connectivity index (χ2v) is 3.16. The normalized spacial score (nSPS) is 18.2. The van der Waals surface area contributed by atoms with Crippen LogP contribution in [0.3, 0.4) is 0 Å². The van der Waals surface area contributed by atoms with Crippen molar-refractivity contribution in [3.8, 4) is 0 Å². The molecule has 1 aromatic heterocycles. The Labute approximate surface area is 71.2 Å². The first kappa shape index (κ1) is 7.70. The van der Waals surface area contributed by atoms with Crippen molar-refractivity contribution in [1.82, 2.24) is 25.4 Å². The highest BCUT2D eigenvalue weighted by Crippen LogP contribution is 2.04. The van der Waals surface area contributed by atoms with Crippen LogP contribution in [0.5, 0.6) is 0 Å². The van der Waals surface area contributed by atoms with E-state index in [1.54, 1.807) is 6.33 Å². The summed E-state index contributed by atoms with van der Waals surface area (Å²) in [6, 6.07) is 0.662. The van der Waals surface area contributed by atoms with E-state index in [0.717, 1.165) is 25.5 Å². The molecule has 12 heavy (non-hydrogen) atoms. The van der Waals surface area contributed by atoms with Crippen LogP contribution in [-0.2, 0) is 6.54 Å². The van der Waals surface area contributed by atoms with Gasteiger partial charge in [-0.3, -0.25) is 10.00 Å². The SMILES string of the molecule is CN(Cc1ncn[nH]1)C1CNC1. The van der Waals surface area contributed by atoms with Crippen LogP contribution in [0.1, 0.15) is 5.82 Å². The number of hydrogen-bond acceptors (Lipinski definition) is 4. The van der Waals surface area contributed by atoms with Gasteiger partial charge in [0.25, 0.3) is 0 Å². The van der Waals surface area contributed by atoms with E-state index in [2.05, 4.69) is 32.4 Å². The number of H-pyrrole nitrogens is 1. The van der Waals surface area contributed by atoms with Crippen molar-refractivity contribution in [2.45, 2.75) is 12.6 Å². The summed E-state index contributed by atoms with van der Waals surface area (Å²) in [6.45, 7) is 3.03. The number of nitrogens with zero attached hydrogens (tertiary/aromatic N) is 3. The van der Waals surface area contributed by atoms with Crippen LogP contribution in [0.4, 0.5) is 0 Å². The zero-order valence-electron chi connectivity index (χ0n) is 7.12. The van der Waals surface area contributed by atoms with Gasteiger partial charge >= 0.3 is 0 Å². The summed E-state index contributed by atoms with van der Waals surface area (Å²) in [5.74, 6) is 0.935. The lowest BCUT2D eigenvalue weighted by molar-refractivity contribution is 0.169. The van der Waals surface area contributed by atoms with Gasteiger partial charge in [0.05, 0.1) is 6.54 Å². The van der Waals surface area contributed by atoms with Gasteiger partial charge in [-0.25, -0.2) is 4.98 Å². The number of likely N-dealkylation sites (N-methyl/N-ethyl adjacent to an activating group) is 1. The first-order valence-electron chi connectivity index (χ1n) is 4.11. The molecular formula is C7H13N5. The standard InChI is InChI=1S/C7H13N5/c1-12(6-2-8-3-6)4-7-9-5-10-11-7/h5-6,8H,2-4H2,1H3,(H,9,10,11). The Morgan fingerprint density at radius 3 is 3.00 bits per heavy atom. The third kappa shape index (κ3) is 1.46. The minimum Gasteiger partial charge on any atom is -0.314 e. The van der Waals surface area contributed by atoms with Gasteiger partial charge in [-0.2, -0.15) is 5.10 Å². The summed E-state index contributed by atoms with van der Waals surface area (Å²) in [4.78, 5) is 6.34. The van der Waals surface area contributed by atoms with Gasteiger partial charge in [0.1, 0.15) is 12.2 Å². The average molecular weight is 167 g/mol. The van der Waals surface area contributed by atoms with Gasteiger partial charge in [0, 0.05) is 19.1 Å².